The molecule has 3 rings (SSSR count). The summed E-state index contributed by atoms with van der Waals surface area (Å²) >= 11 is 0. The summed E-state index contributed by atoms with van der Waals surface area (Å²) in [6.07, 6.45) is -4.50. The van der Waals surface area contributed by atoms with E-state index >= 15 is 0 Å². The fraction of sp³-hybridized carbons (Fsp3) is 0.250. The van der Waals surface area contributed by atoms with E-state index in [0.29, 0.717) is 16.7 Å². The normalized spacial score (nSPS) is 13.6. The number of rotatable bonds is 5. The summed E-state index contributed by atoms with van der Waals surface area (Å²) in [7, 11) is 0. The zero-order valence-corrected chi connectivity index (χ0v) is 15.0. The fourth-order valence-corrected chi connectivity index (χ4v) is 2.92. The van der Waals surface area contributed by atoms with E-state index in [1.807, 2.05) is 6.92 Å². The Hall–Kier alpha value is -3.16. The number of amides is 3. The lowest BCUT2D eigenvalue weighted by atomic mass is 10.1. The van der Waals surface area contributed by atoms with Crippen LogP contribution in [0.4, 0.5) is 13.2 Å². The molecule has 0 bridgehead atoms. The van der Waals surface area contributed by atoms with Crippen LogP contribution in [0.1, 0.15) is 43.8 Å². The van der Waals surface area contributed by atoms with Crippen LogP contribution in [0.3, 0.4) is 0 Å². The van der Waals surface area contributed by atoms with Gasteiger partial charge in [0.05, 0.1) is 16.7 Å². The van der Waals surface area contributed by atoms with Crippen LogP contribution in [-0.2, 0) is 17.5 Å². The molecule has 0 fully saturated rings. The molecule has 2 aromatic rings. The third-order valence-corrected chi connectivity index (χ3v) is 4.46. The van der Waals surface area contributed by atoms with Crippen molar-refractivity contribution in [2.75, 3.05) is 6.54 Å². The van der Waals surface area contributed by atoms with Gasteiger partial charge < -0.3 is 5.32 Å². The van der Waals surface area contributed by atoms with E-state index in [2.05, 4.69) is 5.32 Å². The molecule has 5 nitrogen and oxygen atoms in total. The number of benzene rings is 2. The van der Waals surface area contributed by atoms with Crippen LogP contribution < -0.4 is 5.32 Å². The Balaban J connectivity index is 1.52. The molecule has 1 N–H and O–H groups in total. The van der Waals surface area contributed by atoms with Gasteiger partial charge in [-0.25, -0.2) is 0 Å². The maximum Gasteiger partial charge on any atom is 0.416 e. The van der Waals surface area contributed by atoms with Crippen molar-refractivity contribution < 1.29 is 27.6 Å². The van der Waals surface area contributed by atoms with Gasteiger partial charge in [0, 0.05) is 19.5 Å². The standard InChI is InChI=1S/C20H17F3N2O3/c1-12-2-7-15-16(10-12)19(28)25(18(15)27)9-8-17(26)24-11-13-3-5-14(6-4-13)20(21,22)23/h2-7,10H,8-9,11H2,1H3,(H,24,26). The Kier molecular flexibility index (Phi) is 5.22. The molecule has 0 atom stereocenters. The maximum absolute atomic E-state index is 12.5. The van der Waals surface area contributed by atoms with Crippen molar-refractivity contribution in [1.82, 2.24) is 10.2 Å². The monoisotopic (exact) mass is 390 g/mol. The molecule has 1 aliphatic rings. The average Bonchev–Trinajstić information content (AvgIpc) is 2.88. The second kappa shape index (κ2) is 7.46. The topological polar surface area (TPSA) is 66.5 Å². The van der Waals surface area contributed by atoms with Crippen LogP contribution in [0.2, 0.25) is 0 Å². The third-order valence-electron chi connectivity index (χ3n) is 4.46. The molecule has 1 heterocycles. The second-order valence-corrected chi connectivity index (χ2v) is 6.53. The van der Waals surface area contributed by atoms with Crippen molar-refractivity contribution in [2.45, 2.75) is 26.1 Å². The summed E-state index contributed by atoms with van der Waals surface area (Å²) in [6.45, 7) is 1.80. The number of hydrogen-bond acceptors (Lipinski definition) is 3. The van der Waals surface area contributed by atoms with Gasteiger partial charge in [0.15, 0.2) is 0 Å². The Labute approximate surface area is 159 Å². The summed E-state index contributed by atoms with van der Waals surface area (Å²) < 4.78 is 37.6. The molecule has 0 unspecified atom stereocenters. The van der Waals surface area contributed by atoms with Crippen molar-refractivity contribution in [1.29, 1.82) is 0 Å². The molecule has 0 saturated heterocycles. The lowest BCUT2D eigenvalue weighted by Gasteiger charge is -2.13. The number of hydrogen-bond donors (Lipinski definition) is 1. The minimum Gasteiger partial charge on any atom is -0.352 e. The van der Waals surface area contributed by atoms with Crippen molar-refractivity contribution in [2.24, 2.45) is 0 Å². The number of halogens is 3. The van der Waals surface area contributed by atoms with Crippen LogP contribution in [0, 0.1) is 6.92 Å². The second-order valence-electron chi connectivity index (χ2n) is 6.53. The first-order valence-corrected chi connectivity index (χ1v) is 8.56. The van der Waals surface area contributed by atoms with Crippen molar-refractivity contribution in [3.05, 3.63) is 70.3 Å². The van der Waals surface area contributed by atoms with E-state index in [-0.39, 0.29) is 19.5 Å². The molecular formula is C20H17F3N2O3. The zero-order valence-electron chi connectivity index (χ0n) is 15.0. The van der Waals surface area contributed by atoms with Crippen LogP contribution in [-0.4, -0.2) is 29.2 Å². The molecular weight excluding hydrogens is 373 g/mol. The number of nitrogens with one attached hydrogen (secondary N) is 1. The molecule has 1 aliphatic heterocycles. The number of carbonyl (C=O) groups excluding carboxylic acids is 3. The van der Waals surface area contributed by atoms with Crippen LogP contribution >= 0.6 is 0 Å². The first-order chi connectivity index (χ1) is 13.2. The van der Waals surface area contributed by atoms with Gasteiger partial charge in [0.1, 0.15) is 0 Å². The number of nitrogens with zero attached hydrogens (tertiary/aromatic N) is 1. The first kappa shape index (κ1) is 19.6. The molecule has 3 amide bonds. The largest absolute Gasteiger partial charge is 0.416 e. The van der Waals surface area contributed by atoms with Gasteiger partial charge in [0.25, 0.3) is 11.8 Å². The molecule has 146 valence electrons. The van der Waals surface area contributed by atoms with Crippen molar-refractivity contribution in [3.8, 4) is 0 Å². The predicted octanol–water partition coefficient (Wildman–Crippen LogP) is 3.32. The number of carbonyl (C=O) groups is 3. The van der Waals surface area contributed by atoms with Gasteiger partial charge in [-0.2, -0.15) is 13.2 Å². The lowest BCUT2D eigenvalue weighted by molar-refractivity contribution is -0.137. The summed E-state index contributed by atoms with van der Waals surface area (Å²) in [5, 5.41) is 2.57. The highest BCUT2D eigenvalue weighted by molar-refractivity contribution is 6.21. The highest BCUT2D eigenvalue weighted by atomic mass is 19.4. The van der Waals surface area contributed by atoms with Crippen LogP contribution in [0.5, 0.6) is 0 Å². The van der Waals surface area contributed by atoms with Gasteiger partial charge in [-0.05, 0) is 36.8 Å². The average molecular weight is 390 g/mol. The summed E-state index contributed by atoms with van der Waals surface area (Å²) in [6, 6.07) is 9.44. The number of fused-ring (bicyclic) bond motifs is 1. The lowest BCUT2D eigenvalue weighted by Crippen LogP contribution is -2.34. The van der Waals surface area contributed by atoms with Crippen molar-refractivity contribution in [3.63, 3.8) is 0 Å². The zero-order chi connectivity index (χ0) is 20.5. The van der Waals surface area contributed by atoms with E-state index in [4.69, 9.17) is 0 Å². The van der Waals surface area contributed by atoms with E-state index in [9.17, 15) is 27.6 Å². The smallest absolute Gasteiger partial charge is 0.352 e. The SMILES string of the molecule is Cc1ccc2c(c1)C(=O)N(CCC(=O)NCc1ccc(C(F)(F)F)cc1)C2=O. The quantitative estimate of drug-likeness (QED) is 0.797. The molecule has 0 aromatic heterocycles. The molecule has 0 aliphatic carbocycles. The highest BCUT2D eigenvalue weighted by Crippen LogP contribution is 2.29. The minimum atomic E-state index is -4.41. The Morgan fingerprint density at radius 3 is 2.29 bits per heavy atom. The maximum atomic E-state index is 12.5. The Morgan fingerprint density at radius 2 is 1.64 bits per heavy atom. The van der Waals surface area contributed by atoms with Gasteiger partial charge in [-0.3, -0.25) is 19.3 Å². The minimum absolute atomic E-state index is 0.0539. The molecule has 0 saturated carbocycles. The molecule has 28 heavy (non-hydrogen) atoms. The number of alkyl halides is 3. The van der Waals surface area contributed by atoms with E-state index < -0.39 is 29.5 Å². The third kappa shape index (κ3) is 4.05. The van der Waals surface area contributed by atoms with E-state index in [1.54, 1.807) is 18.2 Å². The van der Waals surface area contributed by atoms with E-state index in [0.717, 1.165) is 22.6 Å². The molecule has 2 aromatic carbocycles. The number of imide groups is 1. The van der Waals surface area contributed by atoms with Crippen molar-refractivity contribution >= 4 is 17.7 Å². The summed E-state index contributed by atoms with van der Waals surface area (Å²) in [5.41, 5.74) is 1.26. The Bertz CT molecular complexity index is 937. The first-order valence-electron chi connectivity index (χ1n) is 8.56. The molecule has 8 heteroatoms. The van der Waals surface area contributed by atoms with E-state index in [1.165, 1.54) is 12.1 Å². The van der Waals surface area contributed by atoms with Gasteiger partial charge in [-0.1, -0.05) is 23.8 Å². The number of aryl methyl sites for hydroxylation is 1. The molecule has 0 spiro atoms. The van der Waals surface area contributed by atoms with Gasteiger partial charge >= 0.3 is 6.18 Å². The summed E-state index contributed by atoms with van der Waals surface area (Å²) in [4.78, 5) is 37.7. The summed E-state index contributed by atoms with van der Waals surface area (Å²) in [5.74, 6) is -1.28. The van der Waals surface area contributed by atoms with Gasteiger partial charge in [-0.15, -0.1) is 0 Å². The fourth-order valence-electron chi connectivity index (χ4n) is 2.92. The predicted molar refractivity (Wildman–Crippen MR) is 94.5 cm³/mol. The molecule has 0 radical (unpaired) electrons. The van der Waals surface area contributed by atoms with Gasteiger partial charge in [0.2, 0.25) is 5.91 Å². The van der Waals surface area contributed by atoms with Crippen LogP contribution in [0.25, 0.3) is 0 Å². The van der Waals surface area contributed by atoms with Crippen LogP contribution in [0.15, 0.2) is 42.5 Å². The highest BCUT2D eigenvalue weighted by Gasteiger charge is 2.35. The Morgan fingerprint density at radius 1 is 1.00 bits per heavy atom.